The molecule has 2 aromatic rings. The molecule has 0 unspecified atom stereocenters. The van der Waals surface area contributed by atoms with Crippen LogP contribution in [0.2, 0.25) is 0 Å². The van der Waals surface area contributed by atoms with Crippen LogP contribution in [-0.4, -0.2) is 46.0 Å². The predicted molar refractivity (Wildman–Crippen MR) is 80.1 cm³/mol. The molecule has 1 aromatic heterocycles. The van der Waals surface area contributed by atoms with Gasteiger partial charge >= 0.3 is 11.8 Å². The van der Waals surface area contributed by atoms with Gasteiger partial charge in [-0.05, 0) is 37.1 Å². The number of aromatic nitrogens is 3. The molecule has 122 valence electrons. The van der Waals surface area contributed by atoms with E-state index in [1.807, 2.05) is 0 Å². The quantitative estimate of drug-likeness (QED) is 0.912. The standard InChI is InChI=1S/C15H17FN4O3/c1-23-15(22)19-8-6-10(7-9-19)13-17-14(21)20(18-13)12-4-2-11(16)3-5-12/h2-5,10H,6-9H2,1H3,(H,17,18,21). The van der Waals surface area contributed by atoms with E-state index in [4.69, 9.17) is 4.74 Å². The maximum atomic E-state index is 13.0. The Bertz CT molecular complexity index is 745. The van der Waals surface area contributed by atoms with Crippen LogP contribution in [0.3, 0.4) is 0 Å². The van der Waals surface area contributed by atoms with Gasteiger partial charge in [-0.15, -0.1) is 5.10 Å². The summed E-state index contributed by atoms with van der Waals surface area (Å²) >= 11 is 0. The minimum absolute atomic E-state index is 0.0744. The maximum absolute atomic E-state index is 13.0. The van der Waals surface area contributed by atoms with E-state index >= 15 is 0 Å². The summed E-state index contributed by atoms with van der Waals surface area (Å²) in [5, 5.41) is 4.31. The Labute approximate surface area is 131 Å². The number of likely N-dealkylation sites (tertiary alicyclic amines) is 1. The topological polar surface area (TPSA) is 80.2 Å². The van der Waals surface area contributed by atoms with Gasteiger partial charge in [0.25, 0.3) is 0 Å². The fourth-order valence-electron chi connectivity index (χ4n) is 2.75. The van der Waals surface area contributed by atoms with Gasteiger partial charge in [0.05, 0.1) is 12.8 Å². The Morgan fingerprint density at radius 3 is 2.57 bits per heavy atom. The van der Waals surface area contributed by atoms with E-state index in [2.05, 4.69) is 10.1 Å². The first-order valence-electron chi connectivity index (χ1n) is 7.36. The highest BCUT2D eigenvalue weighted by atomic mass is 19.1. The van der Waals surface area contributed by atoms with E-state index in [1.54, 1.807) is 4.90 Å². The summed E-state index contributed by atoms with van der Waals surface area (Å²) in [7, 11) is 1.36. The van der Waals surface area contributed by atoms with E-state index in [0.717, 1.165) is 0 Å². The van der Waals surface area contributed by atoms with Gasteiger partial charge in [-0.1, -0.05) is 0 Å². The number of rotatable bonds is 2. The number of aromatic amines is 1. The fourth-order valence-corrected chi connectivity index (χ4v) is 2.75. The Morgan fingerprint density at radius 2 is 1.96 bits per heavy atom. The van der Waals surface area contributed by atoms with Crippen LogP contribution in [0.4, 0.5) is 9.18 Å². The predicted octanol–water partition coefficient (Wildman–Crippen LogP) is 1.65. The van der Waals surface area contributed by atoms with E-state index in [1.165, 1.54) is 36.1 Å². The third-order valence-corrected chi connectivity index (χ3v) is 4.02. The van der Waals surface area contributed by atoms with Crippen LogP contribution in [0.25, 0.3) is 5.69 Å². The first kappa shape index (κ1) is 15.3. The monoisotopic (exact) mass is 320 g/mol. The van der Waals surface area contributed by atoms with Gasteiger partial charge in [0, 0.05) is 19.0 Å². The summed E-state index contributed by atoms with van der Waals surface area (Å²) in [5.41, 5.74) is 0.146. The number of methoxy groups -OCH3 is 1. The summed E-state index contributed by atoms with van der Waals surface area (Å²) < 4.78 is 18.9. The molecular weight excluding hydrogens is 303 g/mol. The van der Waals surface area contributed by atoms with Gasteiger partial charge in [0.15, 0.2) is 0 Å². The molecular formula is C15H17FN4O3. The molecule has 1 aliphatic heterocycles. The first-order chi connectivity index (χ1) is 11.1. The van der Waals surface area contributed by atoms with Crippen LogP contribution >= 0.6 is 0 Å². The average molecular weight is 320 g/mol. The van der Waals surface area contributed by atoms with E-state index in [-0.39, 0.29) is 23.5 Å². The average Bonchev–Trinajstić information content (AvgIpc) is 2.97. The number of hydrogen-bond acceptors (Lipinski definition) is 4. The highest BCUT2D eigenvalue weighted by molar-refractivity contribution is 5.67. The molecule has 1 saturated heterocycles. The zero-order valence-corrected chi connectivity index (χ0v) is 12.7. The van der Waals surface area contributed by atoms with Gasteiger partial charge in [0.1, 0.15) is 11.6 Å². The number of ether oxygens (including phenoxy) is 1. The molecule has 23 heavy (non-hydrogen) atoms. The molecule has 0 spiro atoms. The lowest BCUT2D eigenvalue weighted by molar-refractivity contribution is 0.111. The Hall–Kier alpha value is -2.64. The minimum Gasteiger partial charge on any atom is -0.453 e. The lowest BCUT2D eigenvalue weighted by atomic mass is 9.96. The van der Waals surface area contributed by atoms with Crippen molar-refractivity contribution in [2.45, 2.75) is 18.8 Å². The summed E-state index contributed by atoms with van der Waals surface area (Å²) in [6, 6.07) is 5.57. The number of amides is 1. The van der Waals surface area contributed by atoms with Gasteiger partial charge in [-0.3, -0.25) is 4.98 Å². The summed E-state index contributed by atoms with van der Waals surface area (Å²) in [6.07, 6.45) is 1.06. The second kappa shape index (κ2) is 6.23. The molecule has 1 amide bonds. The second-order valence-electron chi connectivity index (χ2n) is 5.43. The minimum atomic E-state index is -0.368. The number of carbonyl (C=O) groups is 1. The van der Waals surface area contributed by atoms with Crippen molar-refractivity contribution in [1.82, 2.24) is 19.7 Å². The van der Waals surface area contributed by atoms with E-state index in [9.17, 15) is 14.0 Å². The molecule has 0 radical (unpaired) electrons. The van der Waals surface area contributed by atoms with Crippen molar-refractivity contribution >= 4 is 6.09 Å². The number of nitrogens with one attached hydrogen (secondary N) is 1. The normalized spacial score (nSPS) is 15.7. The second-order valence-corrected chi connectivity index (χ2v) is 5.43. The number of H-pyrrole nitrogens is 1. The molecule has 8 heteroatoms. The first-order valence-corrected chi connectivity index (χ1v) is 7.36. The lowest BCUT2D eigenvalue weighted by Crippen LogP contribution is -2.38. The highest BCUT2D eigenvalue weighted by Crippen LogP contribution is 2.25. The number of benzene rings is 1. The van der Waals surface area contributed by atoms with Crippen molar-refractivity contribution in [1.29, 1.82) is 0 Å². The van der Waals surface area contributed by atoms with Crippen molar-refractivity contribution in [3.05, 3.63) is 46.4 Å². The van der Waals surface area contributed by atoms with E-state index in [0.29, 0.717) is 37.4 Å². The van der Waals surface area contributed by atoms with Crippen molar-refractivity contribution in [2.24, 2.45) is 0 Å². The largest absolute Gasteiger partial charge is 0.453 e. The van der Waals surface area contributed by atoms with Crippen molar-refractivity contribution in [3.8, 4) is 5.69 Å². The van der Waals surface area contributed by atoms with Crippen molar-refractivity contribution < 1.29 is 13.9 Å². The summed E-state index contributed by atoms with van der Waals surface area (Å²) in [5.74, 6) is 0.293. The van der Waals surface area contributed by atoms with Crippen LogP contribution in [0.5, 0.6) is 0 Å². The van der Waals surface area contributed by atoms with Crippen LogP contribution < -0.4 is 5.69 Å². The zero-order chi connectivity index (χ0) is 16.4. The molecule has 1 aromatic carbocycles. The van der Waals surface area contributed by atoms with Crippen molar-refractivity contribution in [2.75, 3.05) is 20.2 Å². The molecule has 0 saturated carbocycles. The third kappa shape index (κ3) is 3.10. The summed E-state index contributed by atoms with van der Waals surface area (Å²) in [4.78, 5) is 27.9. The van der Waals surface area contributed by atoms with Crippen LogP contribution in [0.1, 0.15) is 24.6 Å². The molecule has 0 atom stereocenters. The lowest BCUT2D eigenvalue weighted by Gasteiger charge is -2.29. The number of carbonyl (C=O) groups excluding carboxylic acids is 1. The molecule has 1 aliphatic rings. The fraction of sp³-hybridized carbons (Fsp3) is 0.400. The van der Waals surface area contributed by atoms with Gasteiger partial charge < -0.3 is 9.64 Å². The molecule has 0 bridgehead atoms. The number of hydrogen-bond donors (Lipinski definition) is 1. The maximum Gasteiger partial charge on any atom is 0.409 e. The Kier molecular flexibility index (Phi) is 4.14. The number of nitrogens with zero attached hydrogens (tertiary/aromatic N) is 3. The molecule has 1 N–H and O–H groups in total. The smallest absolute Gasteiger partial charge is 0.409 e. The van der Waals surface area contributed by atoms with E-state index < -0.39 is 0 Å². The number of halogens is 1. The molecule has 2 heterocycles. The third-order valence-electron chi connectivity index (χ3n) is 4.02. The molecule has 3 rings (SSSR count). The molecule has 7 nitrogen and oxygen atoms in total. The van der Waals surface area contributed by atoms with Gasteiger partial charge in [-0.25, -0.2) is 14.0 Å². The summed E-state index contributed by atoms with van der Waals surface area (Å²) in [6.45, 7) is 1.12. The zero-order valence-electron chi connectivity index (χ0n) is 12.7. The Balaban J connectivity index is 1.76. The highest BCUT2D eigenvalue weighted by Gasteiger charge is 2.26. The van der Waals surface area contributed by atoms with Gasteiger partial charge in [-0.2, -0.15) is 4.68 Å². The molecule has 0 aliphatic carbocycles. The molecule has 1 fully saturated rings. The SMILES string of the molecule is COC(=O)N1CCC(c2nn(-c3ccc(F)cc3)c(=O)[nH]2)CC1. The van der Waals surface area contributed by atoms with Crippen LogP contribution in [0.15, 0.2) is 29.1 Å². The Morgan fingerprint density at radius 1 is 1.30 bits per heavy atom. The van der Waals surface area contributed by atoms with Crippen LogP contribution in [0, 0.1) is 5.82 Å². The van der Waals surface area contributed by atoms with Crippen molar-refractivity contribution in [3.63, 3.8) is 0 Å². The van der Waals surface area contributed by atoms with Gasteiger partial charge in [0.2, 0.25) is 0 Å². The van der Waals surface area contributed by atoms with Crippen LogP contribution in [-0.2, 0) is 4.74 Å². The number of piperidine rings is 1.